The third kappa shape index (κ3) is 3.49. The minimum atomic E-state index is -0.233. The van der Waals surface area contributed by atoms with Crippen molar-refractivity contribution < 1.29 is 9.59 Å². The van der Waals surface area contributed by atoms with E-state index < -0.39 is 0 Å². The van der Waals surface area contributed by atoms with Gasteiger partial charge < -0.3 is 9.80 Å². The fourth-order valence-electron chi connectivity index (χ4n) is 4.41. The van der Waals surface area contributed by atoms with Crippen molar-refractivity contribution in [1.82, 2.24) is 4.90 Å². The van der Waals surface area contributed by atoms with E-state index in [-0.39, 0.29) is 11.8 Å². The molecule has 0 unspecified atom stereocenters. The first-order chi connectivity index (χ1) is 14.4. The maximum Gasteiger partial charge on any atom is 0.282 e. The third-order valence-electron chi connectivity index (χ3n) is 5.99. The molecule has 0 bridgehead atoms. The van der Waals surface area contributed by atoms with Crippen molar-refractivity contribution in [1.29, 1.82) is 0 Å². The number of aryl methyl sites for hydroxylation is 2. The number of piperidine rings is 1. The molecule has 4 rings (SSSR count). The number of hydrogen-bond donors (Lipinski definition) is 0. The molecule has 2 aromatic rings. The summed E-state index contributed by atoms with van der Waals surface area (Å²) in [6.45, 7) is 5.68. The molecule has 156 valence electrons. The number of anilines is 2. The van der Waals surface area contributed by atoms with Gasteiger partial charge in [0.15, 0.2) is 0 Å². The van der Waals surface area contributed by atoms with Crippen molar-refractivity contribution in [2.24, 2.45) is 0 Å². The number of carbonyl (C=O) groups excluding carboxylic acids is 2. The van der Waals surface area contributed by atoms with Crippen LogP contribution in [-0.2, 0) is 9.59 Å². The number of rotatable bonds is 4. The molecule has 2 aromatic carbocycles. The molecular formula is C25H29N3O2. The molecule has 0 aromatic heterocycles. The lowest BCUT2D eigenvalue weighted by Gasteiger charge is -2.29. The van der Waals surface area contributed by atoms with E-state index in [0.717, 1.165) is 48.3 Å². The van der Waals surface area contributed by atoms with Gasteiger partial charge in [-0.25, -0.2) is 4.90 Å². The van der Waals surface area contributed by atoms with Crippen molar-refractivity contribution in [3.63, 3.8) is 0 Å². The quantitative estimate of drug-likeness (QED) is 0.720. The Morgan fingerprint density at radius 1 is 0.867 bits per heavy atom. The molecular weight excluding hydrogens is 374 g/mol. The molecule has 2 heterocycles. The Kier molecular flexibility index (Phi) is 5.37. The van der Waals surface area contributed by atoms with Crippen LogP contribution < -0.4 is 9.80 Å². The van der Waals surface area contributed by atoms with Crippen molar-refractivity contribution in [2.45, 2.75) is 33.1 Å². The third-order valence-corrected chi connectivity index (χ3v) is 5.99. The predicted molar refractivity (Wildman–Crippen MR) is 122 cm³/mol. The van der Waals surface area contributed by atoms with E-state index in [4.69, 9.17) is 0 Å². The van der Waals surface area contributed by atoms with Crippen molar-refractivity contribution in [3.8, 4) is 0 Å². The van der Waals surface area contributed by atoms with Gasteiger partial charge in [0.1, 0.15) is 5.70 Å². The normalized spacial score (nSPS) is 17.2. The number of nitrogens with zero attached hydrogens (tertiary/aromatic N) is 3. The van der Waals surface area contributed by atoms with Crippen molar-refractivity contribution in [2.75, 3.05) is 37.0 Å². The molecule has 1 saturated heterocycles. The Morgan fingerprint density at radius 3 is 2.27 bits per heavy atom. The monoisotopic (exact) mass is 403 g/mol. The van der Waals surface area contributed by atoms with Gasteiger partial charge in [-0.3, -0.25) is 9.59 Å². The largest absolute Gasteiger partial charge is 0.378 e. The maximum atomic E-state index is 13.7. The van der Waals surface area contributed by atoms with Crippen LogP contribution in [0, 0.1) is 13.8 Å². The van der Waals surface area contributed by atoms with Gasteiger partial charge in [-0.2, -0.15) is 0 Å². The number of hydrogen-bond acceptors (Lipinski definition) is 4. The minimum absolute atomic E-state index is 0.215. The molecule has 30 heavy (non-hydrogen) atoms. The van der Waals surface area contributed by atoms with Crippen LogP contribution in [0.25, 0.3) is 5.57 Å². The highest BCUT2D eigenvalue weighted by atomic mass is 16.2. The highest BCUT2D eigenvalue weighted by Crippen LogP contribution is 2.37. The fourth-order valence-corrected chi connectivity index (χ4v) is 4.41. The molecule has 2 aliphatic heterocycles. The molecule has 2 amide bonds. The molecule has 0 N–H and O–H groups in total. The Morgan fingerprint density at radius 2 is 1.60 bits per heavy atom. The van der Waals surface area contributed by atoms with Crippen LogP contribution in [0.4, 0.5) is 11.4 Å². The zero-order chi connectivity index (χ0) is 21.4. The molecule has 0 saturated carbocycles. The number of benzene rings is 2. The van der Waals surface area contributed by atoms with Gasteiger partial charge in [0.05, 0.1) is 11.3 Å². The summed E-state index contributed by atoms with van der Waals surface area (Å²) < 4.78 is 0. The summed E-state index contributed by atoms with van der Waals surface area (Å²) in [4.78, 5) is 32.8. The SMILES string of the molecule is Cc1ccc(C2=C(N3CCCCC3)C(=O)N(c3cccc(N(C)C)c3)C2=O)c(C)c1. The van der Waals surface area contributed by atoms with Gasteiger partial charge in [0, 0.05) is 32.9 Å². The van der Waals surface area contributed by atoms with E-state index in [1.54, 1.807) is 0 Å². The second-order valence-corrected chi connectivity index (χ2v) is 8.45. The lowest BCUT2D eigenvalue weighted by Crippen LogP contribution is -2.37. The topological polar surface area (TPSA) is 43.9 Å². The van der Waals surface area contributed by atoms with E-state index in [1.165, 1.54) is 11.3 Å². The van der Waals surface area contributed by atoms with E-state index in [1.807, 2.05) is 69.2 Å². The van der Waals surface area contributed by atoms with Crippen molar-refractivity contribution in [3.05, 3.63) is 64.9 Å². The average Bonchev–Trinajstić information content (AvgIpc) is 2.99. The van der Waals surface area contributed by atoms with Gasteiger partial charge in [-0.05, 0) is 62.4 Å². The van der Waals surface area contributed by atoms with E-state index in [2.05, 4.69) is 11.0 Å². The zero-order valence-corrected chi connectivity index (χ0v) is 18.2. The average molecular weight is 404 g/mol. The molecule has 5 nitrogen and oxygen atoms in total. The van der Waals surface area contributed by atoms with Gasteiger partial charge >= 0.3 is 0 Å². The Bertz CT molecular complexity index is 1030. The number of carbonyl (C=O) groups is 2. The van der Waals surface area contributed by atoms with E-state index in [0.29, 0.717) is 17.0 Å². The van der Waals surface area contributed by atoms with E-state index >= 15 is 0 Å². The lowest BCUT2D eigenvalue weighted by atomic mass is 9.97. The first-order valence-electron chi connectivity index (χ1n) is 10.6. The second kappa shape index (κ2) is 7.98. The Labute approximate surface area is 178 Å². The van der Waals surface area contributed by atoms with Crippen LogP contribution in [0.2, 0.25) is 0 Å². The summed E-state index contributed by atoms with van der Waals surface area (Å²) in [5, 5.41) is 0. The second-order valence-electron chi connectivity index (χ2n) is 8.45. The van der Waals surface area contributed by atoms with Gasteiger partial charge in [-0.15, -0.1) is 0 Å². The number of amides is 2. The van der Waals surface area contributed by atoms with Crippen molar-refractivity contribution >= 4 is 28.8 Å². The van der Waals surface area contributed by atoms with Crippen LogP contribution >= 0.6 is 0 Å². The summed E-state index contributed by atoms with van der Waals surface area (Å²) in [5.74, 6) is -0.448. The molecule has 5 heteroatoms. The summed E-state index contributed by atoms with van der Waals surface area (Å²) in [5.41, 5.74) is 5.67. The Hall–Kier alpha value is -3.08. The summed E-state index contributed by atoms with van der Waals surface area (Å²) in [6, 6.07) is 13.7. The van der Waals surface area contributed by atoms with Gasteiger partial charge in [-0.1, -0.05) is 29.8 Å². The highest BCUT2D eigenvalue weighted by molar-refractivity contribution is 6.45. The number of likely N-dealkylation sites (tertiary alicyclic amines) is 1. The zero-order valence-electron chi connectivity index (χ0n) is 18.2. The first kappa shape index (κ1) is 20.2. The fraction of sp³-hybridized carbons (Fsp3) is 0.360. The predicted octanol–water partition coefficient (Wildman–Crippen LogP) is 4.14. The minimum Gasteiger partial charge on any atom is -0.378 e. The maximum absolute atomic E-state index is 13.7. The smallest absolute Gasteiger partial charge is 0.282 e. The molecule has 0 spiro atoms. The molecule has 0 radical (unpaired) electrons. The number of imide groups is 1. The van der Waals surface area contributed by atoms with Crippen LogP contribution in [0.1, 0.15) is 36.0 Å². The van der Waals surface area contributed by atoms with Crippen LogP contribution in [0.3, 0.4) is 0 Å². The lowest BCUT2D eigenvalue weighted by molar-refractivity contribution is -0.120. The van der Waals surface area contributed by atoms with E-state index in [9.17, 15) is 9.59 Å². The highest BCUT2D eigenvalue weighted by Gasteiger charge is 2.43. The van der Waals surface area contributed by atoms with Gasteiger partial charge in [0.25, 0.3) is 11.8 Å². The summed E-state index contributed by atoms with van der Waals surface area (Å²) in [7, 11) is 3.90. The molecule has 1 fully saturated rings. The molecule has 2 aliphatic rings. The first-order valence-corrected chi connectivity index (χ1v) is 10.6. The standard InChI is InChI=1S/C25H29N3O2/c1-17-11-12-21(18(2)15-17)22-23(27-13-6-5-7-14-27)25(30)28(24(22)29)20-10-8-9-19(16-20)26(3)4/h8-12,15-16H,5-7,13-14H2,1-4H3. The van der Waals surface area contributed by atoms with Crippen LogP contribution in [0.5, 0.6) is 0 Å². The van der Waals surface area contributed by atoms with Crippen LogP contribution in [0.15, 0.2) is 48.2 Å². The molecule has 0 aliphatic carbocycles. The summed E-state index contributed by atoms with van der Waals surface area (Å²) in [6.07, 6.45) is 3.25. The molecule has 0 atom stereocenters. The van der Waals surface area contributed by atoms with Gasteiger partial charge in [0.2, 0.25) is 0 Å². The summed E-state index contributed by atoms with van der Waals surface area (Å²) >= 11 is 0. The Balaban J connectivity index is 1.85. The van der Waals surface area contributed by atoms with Crippen LogP contribution in [-0.4, -0.2) is 43.9 Å².